The van der Waals surface area contributed by atoms with Gasteiger partial charge in [-0.15, -0.1) is 0 Å². The molecule has 224 valence electrons. The van der Waals surface area contributed by atoms with Crippen LogP contribution in [-0.4, -0.2) is 32.9 Å². The van der Waals surface area contributed by atoms with Crippen LogP contribution in [0.15, 0.2) is 133 Å². The summed E-state index contributed by atoms with van der Waals surface area (Å²) >= 11 is 0. The van der Waals surface area contributed by atoms with Gasteiger partial charge in [0, 0.05) is 33.2 Å². The van der Waals surface area contributed by atoms with Crippen molar-refractivity contribution in [1.82, 2.24) is 14.5 Å². The van der Waals surface area contributed by atoms with E-state index in [9.17, 15) is 0 Å². The highest BCUT2D eigenvalue weighted by Gasteiger charge is 2.51. The van der Waals surface area contributed by atoms with Crippen molar-refractivity contribution in [3.8, 4) is 39.6 Å². The fraction of sp³-hybridized carbons (Fsp3) is 0.150. The lowest BCUT2D eigenvalue weighted by molar-refractivity contribution is 0.00578. The summed E-state index contributed by atoms with van der Waals surface area (Å²) < 4.78 is 15.2. The Kier molecular flexibility index (Phi) is 6.68. The van der Waals surface area contributed by atoms with Crippen LogP contribution in [0.25, 0.3) is 61.4 Å². The molecule has 8 rings (SSSR count). The maximum Gasteiger partial charge on any atom is 0.494 e. The molecule has 3 heterocycles. The van der Waals surface area contributed by atoms with Gasteiger partial charge >= 0.3 is 7.12 Å². The van der Waals surface area contributed by atoms with Crippen LogP contribution < -0.4 is 5.46 Å². The van der Waals surface area contributed by atoms with Crippen molar-refractivity contribution in [2.24, 2.45) is 0 Å². The van der Waals surface area contributed by atoms with E-state index in [2.05, 4.69) is 129 Å². The first kappa shape index (κ1) is 28.4. The summed E-state index contributed by atoms with van der Waals surface area (Å²) in [6, 6.07) is 46.3. The second-order valence-electron chi connectivity index (χ2n) is 13.0. The Hall–Kier alpha value is -5.04. The minimum atomic E-state index is -0.421. The predicted octanol–water partition coefficient (Wildman–Crippen LogP) is 8.87. The van der Waals surface area contributed by atoms with Gasteiger partial charge in [-0.3, -0.25) is 0 Å². The molecule has 0 aliphatic carbocycles. The second kappa shape index (κ2) is 10.8. The Balaban J connectivity index is 1.26. The molecule has 0 saturated carbocycles. The van der Waals surface area contributed by atoms with Crippen LogP contribution in [0.1, 0.15) is 27.7 Å². The van der Waals surface area contributed by atoms with E-state index in [0.29, 0.717) is 5.82 Å². The average molecular weight is 600 g/mol. The molecule has 1 aliphatic rings. The molecule has 0 atom stereocenters. The smallest absolute Gasteiger partial charge is 0.399 e. The Bertz CT molecular complexity index is 2150. The molecule has 0 unspecified atom stereocenters. The molecule has 0 spiro atoms. The lowest BCUT2D eigenvalue weighted by Crippen LogP contribution is -2.41. The summed E-state index contributed by atoms with van der Waals surface area (Å²) in [7, 11) is -0.421. The van der Waals surface area contributed by atoms with Gasteiger partial charge in [0.2, 0.25) is 0 Å². The van der Waals surface area contributed by atoms with Crippen molar-refractivity contribution in [2.45, 2.75) is 38.9 Å². The predicted molar refractivity (Wildman–Crippen MR) is 188 cm³/mol. The zero-order chi connectivity index (χ0) is 31.5. The van der Waals surface area contributed by atoms with Crippen LogP contribution in [0.5, 0.6) is 0 Å². The number of benzene rings is 5. The first-order chi connectivity index (χ1) is 22.3. The van der Waals surface area contributed by atoms with E-state index < -0.39 is 18.3 Å². The van der Waals surface area contributed by atoms with E-state index in [1.54, 1.807) is 0 Å². The second-order valence-corrected chi connectivity index (χ2v) is 13.0. The normalized spacial score (nSPS) is 15.5. The fourth-order valence-electron chi connectivity index (χ4n) is 6.27. The fourth-order valence-corrected chi connectivity index (χ4v) is 6.27. The number of hydrogen-bond acceptors (Lipinski definition) is 4. The molecular formula is C40H34BN3O2. The SMILES string of the molecule is CC1(C)OB(c2ccc3c(c2)c2ccccc2n3-c2cccc(-c3cc(-c4ccccc4)nc(-c4ccccc4)n3)c2)OC1(C)C. The topological polar surface area (TPSA) is 49.2 Å². The van der Waals surface area contributed by atoms with Gasteiger partial charge in [-0.25, -0.2) is 9.97 Å². The highest BCUT2D eigenvalue weighted by atomic mass is 16.7. The van der Waals surface area contributed by atoms with Gasteiger partial charge in [0.25, 0.3) is 0 Å². The first-order valence-corrected chi connectivity index (χ1v) is 15.8. The number of aromatic nitrogens is 3. The molecule has 1 aliphatic heterocycles. The molecule has 0 N–H and O–H groups in total. The lowest BCUT2D eigenvalue weighted by Gasteiger charge is -2.32. The summed E-state index contributed by atoms with van der Waals surface area (Å²) in [6.45, 7) is 8.36. The van der Waals surface area contributed by atoms with E-state index >= 15 is 0 Å². The summed E-state index contributed by atoms with van der Waals surface area (Å²) in [5, 5.41) is 2.34. The standard InChI is InChI=1S/C40H34BN3O2/c1-39(2)40(3,4)46-41(45-39)30-22-23-37-33(25-30)32-20-11-12-21-36(32)44(37)31-19-13-18-29(24-31)35-26-34(27-14-7-5-8-15-27)42-38(43-35)28-16-9-6-10-17-28/h5-26H,1-4H3. The molecule has 1 saturated heterocycles. The molecular weight excluding hydrogens is 565 g/mol. The molecule has 6 heteroatoms. The van der Waals surface area contributed by atoms with Gasteiger partial charge in [-0.1, -0.05) is 103 Å². The van der Waals surface area contributed by atoms with Crippen molar-refractivity contribution in [3.63, 3.8) is 0 Å². The Morgan fingerprint density at radius 1 is 0.522 bits per heavy atom. The van der Waals surface area contributed by atoms with Crippen LogP contribution >= 0.6 is 0 Å². The van der Waals surface area contributed by atoms with E-state index in [1.165, 1.54) is 5.39 Å². The van der Waals surface area contributed by atoms with E-state index in [0.717, 1.165) is 55.6 Å². The zero-order valence-corrected chi connectivity index (χ0v) is 26.4. The third-order valence-corrected chi connectivity index (χ3v) is 9.45. The summed E-state index contributed by atoms with van der Waals surface area (Å²) in [5.41, 5.74) is 8.37. The van der Waals surface area contributed by atoms with Gasteiger partial charge in [0.15, 0.2) is 5.82 Å². The van der Waals surface area contributed by atoms with Gasteiger partial charge in [0.1, 0.15) is 0 Å². The van der Waals surface area contributed by atoms with E-state index in [1.807, 2.05) is 36.4 Å². The van der Waals surface area contributed by atoms with Gasteiger partial charge in [0.05, 0.1) is 33.6 Å². The van der Waals surface area contributed by atoms with Crippen molar-refractivity contribution >= 4 is 34.4 Å². The third-order valence-electron chi connectivity index (χ3n) is 9.45. The maximum atomic E-state index is 6.41. The van der Waals surface area contributed by atoms with Crippen molar-refractivity contribution in [1.29, 1.82) is 0 Å². The highest BCUT2D eigenvalue weighted by molar-refractivity contribution is 6.62. The molecule has 5 aromatic carbocycles. The minimum Gasteiger partial charge on any atom is -0.399 e. The lowest BCUT2D eigenvalue weighted by atomic mass is 9.78. The first-order valence-electron chi connectivity index (χ1n) is 15.8. The number of rotatable bonds is 5. The molecule has 1 fully saturated rings. The summed E-state index contributed by atoms with van der Waals surface area (Å²) in [5.74, 6) is 0.703. The monoisotopic (exact) mass is 599 g/mol. The third kappa shape index (κ3) is 4.82. The molecule has 5 nitrogen and oxygen atoms in total. The summed E-state index contributed by atoms with van der Waals surface area (Å²) in [6.07, 6.45) is 0. The Morgan fingerprint density at radius 2 is 1.11 bits per heavy atom. The maximum absolute atomic E-state index is 6.41. The minimum absolute atomic E-state index is 0.400. The Labute approximate surface area is 269 Å². The quantitative estimate of drug-likeness (QED) is 0.186. The van der Waals surface area contributed by atoms with Crippen LogP contribution in [0, 0.1) is 0 Å². The average Bonchev–Trinajstić information content (AvgIpc) is 3.53. The zero-order valence-electron chi connectivity index (χ0n) is 26.4. The van der Waals surface area contributed by atoms with Crippen molar-refractivity contribution in [3.05, 3.63) is 133 Å². The summed E-state index contributed by atoms with van der Waals surface area (Å²) in [4.78, 5) is 10.1. The van der Waals surface area contributed by atoms with E-state index in [-0.39, 0.29) is 0 Å². The number of para-hydroxylation sites is 1. The van der Waals surface area contributed by atoms with Gasteiger partial charge < -0.3 is 13.9 Å². The Morgan fingerprint density at radius 3 is 1.83 bits per heavy atom. The molecule has 0 amide bonds. The van der Waals surface area contributed by atoms with E-state index in [4.69, 9.17) is 19.3 Å². The van der Waals surface area contributed by atoms with Gasteiger partial charge in [-0.05, 0) is 63.5 Å². The molecule has 2 aromatic heterocycles. The molecule has 0 bridgehead atoms. The van der Waals surface area contributed by atoms with Gasteiger partial charge in [-0.2, -0.15) is 0 Å². The molecule has 0 radical (unpaired) electrons. The highest BCUT2D eigenvalue weighted by Crippen LogP contribution is 2.38. The van der Waals surface area contributed by atoms with Crippen LogP contribution in [0.3, 0.4) is 0 Å². The van der Waals surface area contributed by atoms with Crippen LogP contribution in [0.2, 0.25) is 0 Å². The van der Waals surface area contributed by atoms with Crippen molar-refractivity contribution < 1.29 is 9.31 Å². The number of hydrogen-bond donors (Lipinski definition) is 0. The number of nitrogens with zero attached hydrogens (tertiary/aromatic N) is 3. The largest absolute Gasteiger partial charge is 0.494 e. The number of fused-ring (bicyclic) bond motifs is 3. The molecule has 7 aromatic rings. The van der Waals surface area contributed by atoms with Crippen LogP contribution in [0.4, 0.5) is 0 Å². The van der Waals surface area contributed by atoms with Crippen LogP contribution in [-0.2, 0) is 9.31 Å². The van der Waals surface area contributed by atoms with Crippen molar-refractivity contribution in [2.75, 3.05) is 0 Å². The molecule has 46 heavy (non-hydrogen) atoms.